The van der Waals surface area contributed by atoms with Gasteiger partial charge in [-0.1, -0.05) is 6.92 Å². The van der Waals surface area contributed by atoms with Crippen molar-refractivity contribution < 1.29 is 18.8 Å². The minimum absolute atomic E-state index is 0.0539. The largest absolute Gasteiger partial charge is 0.467 e. The molecule has 1 fully saturated rings. The fourth-order valence-corrected chi connectivity index (χ4v) is 2.33. The summed E-state index contributed by atoms with van der Waals surface area (Å²) in [5, 5.41) is 5.26. The van der Waals surface area contributed by atoms with Crippen molar-refractivity contribution in [3.8, 4) is 0 Å². The molecule has 0 aromatic carbocycles. The van der Waals surface area contributed by atoms with Gasteiger partial charge in [0.2, 0.25) is 17.7 Å². The number of nitrogens with one attached hydrogen (secondary N) is 2. The van der Waals surface area contributed by atoms with E-state index in [0.717, 1.165) is 6.42 Å². The Labute approximate surface area is 129 Å². The van der Waals surface area contributed by atoms with Gasteiger partial charge in [0.05, 0.1) is 25.3 Å². The van der Waals surface area contributed by atoms with Crippen molar-refractivity contribution in [1.29, 1.82) is 0 Å². The molecule has 3 amide bonds. The minimum Gasteiger partial charge on any atom is -0.467 e. The number of hydrogen-bond donors (Lipinski definition) is 2. The van der Waals surface area contributed by atoms with Crippen LogP contribution >= 0.6 is 0 Å². The maximum absolute atomic E-state index is 12.0. The van der Waals surface area contributed by atoms with Gasteiger partial charge in [0, 0.05) is 19.5 Å². The second-order valence-corrected chi connectivity index (χ2v) is 5.32. The Kier molecular flexibility index (Phi) is 5.57. The molecule has 1 aliphatic rings. The van der Waals surface area contributed by atoms with E-state index in [0.29, 0.717) is 25.4 Å². The van der Waals surface area contributed by atoms with E-state index in [4.69, 9.17) is 4.42 Å². The van der Waals surface area contributed by atoms with E-state index in [2.05, 4.69) is 10.6 Å². The van der Waals surface area contributed by atoms with Crippen LogP contribution in [0, 0.1) is 5.92 Å². The fraction of sp³-hybridized carbons (Fsp3) is 0.533. The maximum atomic E-state index is 12.0. The van der Waals surface area contributed by atoms with Gasteiger partial charge in [-0.3, -0.25) is 14.4 Å². The van der Waals surface area contributed by atoms with Crippen LogP contribution in [0.15, 0.2) is 22.8 Å². The fourth-order valence-electron chi connectivity index (χ4n) is 2.33. The van der Waals surface area contributed by atoms with Crippen LogP contribution < -0.4 is 10.6 Å². The Hall–Kier alpha value is -2.31. The summed E-state index contributed by atoms with van der Waals surface area (Å²) in [6.45, 7) is 3.21. The summed E-state index contributed by atoms with van der Waals surface area (Å²) in [5.41, 5.74) is 0. The molecule has 0 bridgehead atoms. The van der Waals surface area contributed by atoms with Crippen LogP contribution in [0.2, 0.25) is 0 Å². The molecule has 2 N–H and O–H groups in total. The SMILES string of the molecule is CCCNC(=O)CNC(=O)C1CC(=O)N(Cc2ccco2)C1. The molecule has 2 heterocycles. The number of amides is 3. The van der Waals surface area contributed by atoms with Crippen molar-refractivity contribution in [3.05, 3.63) is 24.2 Å². The second-order valence-electron chi connectivity index (χ2n) is 5.32. The van der Waals surface area contributed by atoms with Gasteiger partial charge in [-0.15, -0.1) is 0 Å². The molecule has 1 aromatic rings. The summed E-state index contributed by atoms with van der Waals surface area (Å²) < 4.78 is 5.21. The van der Waals surface area contributed by atoms with Crippen LogP contribution in [0.3, 0.4) is 0 Å². The highest BCUT2D eigenvalue weighted by Crippen LogP contribution is 2.20. The highest BCUT2D eigenvalue weighted by atomic mass is 16.3. The Morgan fingerprint density at radius 3 is 2.91 bits per heavy atom. The van der Waals surface area contributed by atoms with Gasteiger partial charge >= 0.3 is 0 Å². The quantitative estimate of drug-likeness (QED) is 0.756. The van der Waals surface area contributed by atoms with E-state index in [-0.39, 0.29) is 30.7 Å². The van der Waals surface area contributed by atoms with E-state index >= 15 is 0 Å². The summed E-state index contributed by atoms with van der Waals surface area (Å²) in [6.07, 6.45) is 2.57. The third-order valence-corrected chi connectivity index (χ3v) is 3.51. The molecule has 0 spiro atoms. The lowest BCUT2D eigenvalue weighted by molar-refractivity contribution is -0.129. The van der Waals surface area contributed by atoms with Crippen molar-refractivity contribution in [2.45, 2.75) is 26.3 Å². The number of likely N-dealkylation sites (tertiary alicyclic amines) is 1. The molecule has 120 valence electrons. The molecule has 0 radical (unpaired) electrons. The van der Waals surface area contributed by atoms with Crippen molar-refractivity contribution in [3.63, 3.8) is 0 Å². The zero-order valence-corrected chi connectivity index (χ0v) is 12.6. The van der Waals surface area contributed by atoms with Crippen LogP contribution in [0.25, 0.3) is 0 Å². The predicted molar refractivity (Wildman–Crippen MR) is 78.5 cm³/mol. The second kappa shape index (κ2) is 7.63. The molecule has 0 saturated carbocycles. The van der Waals surface area contributed by atoms with Crippen LogP contribution in [0.1, 0.15) is 25.5 Å². The highest BCUT2D eigenvalue weighted by molar-refractivity contribution is 5.91. The Morgan fingerprint density at radius 1 is 1.41 bits per heavy atom. The third kappa shape index (κ3) is 4.34. The third-order valence-electron chi connectivity index (χ3n) is 3.51. The van der Waals surface area contributed by atoms with Gasteiger partial charge in [-0.05, 0) is 18.6 Å². The van der Waals surface area contributed by atoms with E-state index in [1.165, 1.54) is 0 Å². The van der Waals surface area contributed by atoms with Crippen molar-refractivity contribution in [2.24, 2.45) is 5.92 Å². The molecule has 2 rings (SSSR count). The van der Waals surface area contributed by atoms with Gasteiger partial charge in [0.1, 0.15) is 5.76 Å². The normalized spacial score (nSPS) is 17.6. The molecule has 22 heavy (non-hydrogen) atoms. The molecular weight excluding hydrogens is 286 g/mol. The molecule has 1 aromatic heterocycles. The molecule has 7 nitrogen and oxygen atoms in total. The standard InChI is InChI=1S/C15H21N3O4/c1-2-5-16-13(19)8-17-15(21)11-7-14(20)18(9-11)10-12-4-3-6-22-12/h3-4,6,11H,2,5,7-10H2,1H3,(H,16,19)(H,17,21). The molecule has 1 aliphatic heterocycles. The Morgan fingerprint density at radius 2 is 2.23 bits per heavy atom. The van der Waals surface area contributed by atoms with Gasteiger partial charge in [0.15, 0.2) is 0 Å². The van der Waals surface area contributed by atoms with E-state index < -0.39 is 5.92 Å². The summed E-state index contributed by atoms with van der Waals surface area (Å²) in [7, 11) is 0. The van der Waals surface area contributed by atoms with Crippen molar-refractivity contribution in [1.82, 2.24) is 15.5 Å². The Balaban J connectivity index is 1.77. The molecule has 0 aliphatic carbocycles. The zero-order valence-electron chi connectivity index (χ0n) is 12.6. The lowest BCUT2D eigenvalue weighted by Crippen LogP contribution is -2.40. The van der Waals surface area contributed by atoms with Gasteiger partial charge in [-0.25, -0.2) is 0 Å². The van der Waals surface area contributed by atoms with Crippen molar-refractivity contribution >= 4 is 17.7 Å². The van der Waals surface area contributed by atoms with E-state index in [1.54, 1.807) is 23.3 Å². The number of furan rings is 1. The molecular formula is C15H21N3O4. The number of nitrogens with zero attached hydrogens (tertiary/aromatic N) is 1. The first kappa shape index (κ1) is 16.1. The monoisotopic (exact) mass is 307 g/mol. The first-order chi connectivity index (χ1) is 10.6. The topological polar surface area (TPSA) is 91.7 Å². The molecule has 7 heteroatoms. The average Bonchev–Trinajstić information content (AvgIpc) is 3.13. The number of carbonyl (C=O) groups excluding carboxylic acids is 3. The molecule has 1 saturated heterocycles. The highest BCUT2D eigenvalue weighted by Gasteiger charge is 2.34. The summed E-state index contributed by atoms with van der Waals surface area (Å²) >= 11 is 0. The number of hydrogen-bond acceptors (Lipinski definition) is 4. The van der Waals surface area contributed by atoms with E-state index in [1.807, 2.05) is 6.92 Å². The van der Waals surface area contributed by atoms with Gasteiger partial charge < -0.3 is 20.0 Å². The summed E-state index contributed by atoms with van der Waals surface area (Å²) in [6, 6.07) is 3.55. The van der Waals surface area contributed by atoms with Crippen molar-refractivity contribution in [2.75, 3.05) is 19.6 Å². The maximum Gasteiger partial charge on any atom is 0.239 e. The summed E-state index contributed by atoms with van der Waals surface area (Å²) in [4.78, 5) is 37.0. The van der Waals surface area contributed by atoms with Gasteiger partial charge in [-0.2, -0.15) is 0 Å². The van der Waals surface area contributed by atoms with Crippen LogP contribution in [0.5, 0.6) is 0 Å². The average molecular weight is 307 g/mol. The lowest BCUT2D eigenvalue weighted by atomic mass is 10.1. The first-order valence-corrected chi connectivity index (χ1v) is 7.44. The summed E-state index contributed by atoms with van der Waals surface area (Å²) in [5.74, 6) is -0.282. The molecule has 1 unspecified atom stereocenters. The number of rotatable bonds is 7. The smallest absolute Gasteiger partial charge is 0.239 e. The molecule has 1 atom stereocenters. The minimum atomic E-state index is -0.415. The van der Waals surface area contributed by atoms with E-state index in [9.17, 15) is 14.4 Å². The van der Waals surface area contributed by atoms with Crippen LogP contribution in [-0.4, -0.2) is 42.3 Å². The lowest BCUT2D eigenvalue weighted by Gasteiger charge is -2.15. The zero-order chi connectivity index (χ0) is 15.9. The predicted octanol–water partition coefficient (Wildman–Crippen LogP) is 0.271. The first-order valence-electron chi connectivity index (χ1n) is 7.44. The van der Waals surface area contributed by atoms with Gasteiger partial charge in [0.25, 0.3) is 0 Å². The number of carbonyl (C=O) groups is 3. The van der Waals surface area contributed by atoms with Crippen LogP contribution in [0.4, 0.5) is 0 Å². The van der Waals surface area contributed by atoms with Crippen LogP contribution in [-0.2, 0) is 20.9 Å². The Bertz CT molecular complexity index is 527.